The number of hydrogen-bond acceptors (Lipinski definition) is 4. The summed E-state index contributed by atoms with van der Waals surface area (Å²) in [5.41, 5.74) is 3.62. The van der Waals surface area contributed by atoms with E-state index in [4.69, 9.17) is 4.74 Å². The van der Waals surface area contributed by atoms with Crippen LogP contribution in [-0.4, -0.2) is 17.9 Å². The van der Waals surface area contributed by atoms with Gasteiger partial charge < -0.3 is 9.84 Å². The van der Waals surface area contributed by atoms with E-state index in [1.165, 1.54) is 5.56 Å². The maximum atomic E-state index is 9.33. The fourth-order valence-corrected chi connectivity index (χ4v) is 2.79. The van der Waals surface area contributed by atoms with Gasteiger partial charge in [-0.05, 0) is 73.9 Å². The maximum Gasteiger partial charge on any atom is 0.133 e. The van der Waals surface area contributed by atoms with Crippen LogP contribution in [-0.2, 0) is 6.42 Å². The molecule has 0 radical (unpaired) electrons. The Bertz CT molecular complexity index is 589. The van der Waals surface area contributed by atoms with Crippen LogP contribution in [0.4, 0.5) is 0 Å². The van der Waals surface area contributed by atoms with Crippen molar-refractivity contribution >= 4 is 11.9 Å². The first kappa shape index (κ1) is 24.4. The number of aromatic hydroxyl groups is 1. The van der Waals surface area contributed by atoms with Crippen LogP contribution in [0, 0.1) is 13.8 Å². The standard InChI is InChI=1S/C18H23NO2S.2C2H6/c1-13-11-15(5-4-10-19-22-3)12-14(2)18(13)21-17-8-6-16(20)7-9-17;2*1-2/h6-9,11-12,19-20H,4-5,10H2,1-3H3;2*1-2H3. The van der Waals surface area contributed by atoms with E-state index < -0.39 is 0 Å². The summed E-state index contributed by atoms with van der Waals surface area (Å²) in [5, 5.41) is 9.33. The van der Waals surface area contributed by atoms with E-state index in [-0.39, 0.29) is 5.75 Å². The second-order valence-corrected chi connectivity index (χ2v) is 6.05. The van der Waals surface area contributed by atoms with Crippen LogP contribution >= 0.6 is 11.9 Å². The van der Waals surface area contributed by atoms with Gasteiger partial charge in [-0.2, -0.15) is 0 Å². The number of aryl methyl sites for hydroxylation is 3. The Morgan fingerprint density at radius 2 is 1.50 bits per heavy atom. The summed E-state index contributed by atoms with van der Waals surface area (Å²) in [6.07, 6.45) is 4.23. The van der Waals surface area contributed by atoms with Crippen molar-refractivity contribution in [3.05, 3.63) is 53.1 Å². The van der Waals surface area contributed by atoms with Gasteiger partial charge in [0.1, 0.15) is 17.2 Å². The molecule has 2 aromatic rings. The van der Waals surface area contributed by atoms with Gasteiger partial charge in [-0.1, -0.05) is 51.8 Å². The minimum atomic E-state index is 0.245. The molecule has 2 N–H and O–H groups in total. The third-order valence-corrected chi connectivity index (χ3v) is 3.96. The highest BCUT2D eigenvalue weighted by Crippen LogP contribution is 2.30. The van der Waals surface area contributed by atoms with Crippen molar-refractivity contribution in [1.29, 1.82) is 0 Å². The van der Waals surface area contributed by atoms with E-state index in [2.05, 4.69) is 30.7 Å². The lowest BCUT2D eigenvalue weighted by atomic mass is 10.0. The molecule has 2 rings (SSSR count). The van der Waals surface area contributed by atoms with Crippen molar-refractivity contribution in [2.24, 2.45) is 0 Å². The van der Waals surface area contributed by atoms with E-state index in [9.17, 15) is 5.11 Å². The van der Waals surface area contributed by atoms with Gasteiger partial charge in [0.25, 0.3) is 0 Å². The van der Waals surface area contributed by atoms with Crippen LogP contribution in [0.3, 0.4) is 0 Å². The Morgan fingerprint density at radius 3 is 2.00 bits per heavy atom. The average Bonchev–Trinajstić information content (AvgIpc) is 2.67. The van der Waals surface area contributed by atoms with Crippen molar-refractivity contribution in [1.82, 2.24) is 4.72 Å². The first-order valence-corrected chi connectivity index (χ1v) is 10.7. The molecule has 0 aromatic heterocycles. The molecule has 0 saturated heterocycles. The molecule has 0 bridgehead atoms. The first-order chi connectivity index (χ1) is 12.6. The number of nitrogens with one attached hydrogen (secondary N) is 1. The highest BCUT2D eigenvalue weighted by Gasteiger charge is 2.08. The van der Waals surface area contributed by atoms with Gasteiger partial charge in [-0.3, -0.25) is 4.72 Å². The van der Waals surface area contributed by atoms with Crippen molar-refractivity contribution < 1.29 is 9.84 Å². The highest BCUT2D eigenvalue weighted by molar-refractivity contribution is 7.96. The molecule has 0 aliphatic heterocycles. The van der Waals surface area contributed by atoms with Crippen LogP contribution in [0.15, 0.2) is 36.4 Å². The second-order valence-electron chi connectivity index (χ2n) is 5.36. The predicted molar refractivity (Wildman–Crippen MR) is 117 cm³/mol. The molecule has 4 heteroatoms. The van der Waals surface area contributed by atoms with Crippen molar-refractivity contribution in [2.75, 3.05) is 12.8 Å². The smallest absolute Gasteiger partial charge is 0.133 e. The van der Waals surface area contributed by atoms with Crippen molar-refractivity contribution in [3.63, 3.8) is 0 Å². The minimum absolute atomic E-state index is 0.245. The lowest BCUT2D eigenvalue weighted by Gasteiger charge is -2.14. The highest BCUT2D eigenvalue weighted by atomic mass is 32.2. The molecule has 0 atom stereocenters. The van der Waals surface area contributed by atoms with Gasteiger partial charge in [0, 0.05) is 6.54 Å². The van der Waals surface area contributed by atoms with E-state index in [1.807, 2.05) is 34.0 Å². The number of phenolic OH excluding ortho intramolecular Hbond substituents is 1. The Hall–Kier alpha value is -1.65. The summed E-state index contributed by atoms with van der Waals surface area (Å²) in [4.78, 5) is 0. The normalized spacial score (nSPS) is 9.50. The summed E-state index contributed by atoms with van der Waals surface area (Å²) in [6.45, 7) is 13.2. The van der Waals surface area contributed by atoms with Gasteiger partial charge in [0.05, 0.1) is 0 Å². The number of ether oxygens (including phenoxy) is 1. The van der Waals surface area contributed by atoms with E-state index in [0.29, 0.717) is 0 Å². The molecule has 0 heterocycles. The topological polar surface area (TPSA) is 41.5 Å². The molecule has 0 fully saturated rings. The van der Waals surface area contributed by atoms with E-state index in [1.54, 1.807) is 36.2 Å². The molecule has 0 saturated carbocycles. The van der Waals surface area contributed by atoms with Gasteiger partial charge in [0.15, 0.2) is 0 Å². The Morgan fingerprint density at radius 1 is 0.962 bits per heavy atom. The predicted octanol–water partition coefficient (Wildman–Crippen LogP) is 6.65. The average molecular weight is 378 g/mol. The lowest BCUT2D eigenvalue weighted by molar-refractivity contribution is 0.461. The number of benzene rings is 2. The lowest BCUT2D eigenvalue weighted by Crippen LogP contribution is -2.05. The van der Waals surface area contributed by atoms with Crippen LogP contribution < -0.4 is 9.46 Å². The van der Waals surface area contributed by atoms with Gasteiger partial charge >= 0.3 is 0 Å². The molecule has 2 aromatic carbocycles. The zero-order valence-electron chi connectivity index (χ0n) is 17.3. The summed E-state index contributed by atoms with van der Waals surface area (Å²) in [6, 6.07) is 11.2. The third kappa shape index (κ3) is 8.63. The molecule has 0 amide bonds. The van der Waals surface area contributed by atoms with Crippen LogP contribution in [0.2, 0.25) is 0 Å². The van der Waals surface area contributed by atoms with Gasteiger partial charge in [0.2, 0.25) is 0 Å². The van der Waals surface area contributed by atoms with Gasteiger partial charge in [-0.15, -0.1) is 0 Å². The molecule has 146 valence electrons. The third-order valence-electron chi connectivity index (χ3n) is 3.47. The monoisotopic (exact) mass is 377 g/mol. The molecule has 3 nitrogen and oxygen atoms in total. The van der Waals surface area contributed by atoms with E-state index in [0.717, 1.165) is 42.0 Å². The summed E-state index contributed by atoms with van der Waals surface area (Å²) in [7, 11) is 0. The Labute approximate surface area is 164 Å². The van der Waals surface area contributed by atoms with Crippen molar-refractivity contribution in [3.8, 4) is 17.2 Å². The molecule has 0 spiro atoms. The molecular weight excluding hydrogens is 342 g/mol. The molecular formula is C22H35NO2S. The zero-order chi connectivity index (χ0) is 19.9. The molecule has 26 heavy (non-hydrogen) atoms. The fourth-order valence-electron chi connectivity index (χ4n) is 2.44. The number of rotatable bonds is 7. The fraction of sp³-hybridized carbons (Fsp3) is 0.455. The van der Waals surface area contributed by atoms with Gasteiger partial charge in [-0.25, -0.2) is 0 Å². The zero-order valence-corrected chi connectivity index (χ0v) is 18.2. The summed E-state index contributed by atoms with van der Waals surface area (Å²) < 4.78 is 9.23. The van der Waals surface area contributed by atoms with Crippen molar-refractivity contribution in [2.45, 2.75) is 54.4 Å². The van der Waals surface area contributed by atoms with Crippen LogP contribution in [0.5, 0.6) is 17.2 Å². The second kappa shape index (κ2) is 14.5. The number of phenols is 1. The largest absolute Gasteiger partial charge is 0.508 e. The first-order valence-electron chi connectivity index (χ1n) is 9.43. The van der Waals surface area contributed by atoms with Crippen LogP contribution in [0.25, 0.3) is 0 Å². The van der Waals surface area contributed by atoms with Crippen LogP contribution in [0.1, 0.15) is 50.8 Å². The molecule has 0 aliphatic rings. The quantitative estimate of drug-likeness (QED) is 0.418. The number of hydrogen-bond donors (Lipinski definition) is 2. The van der Waals surface area contributed by atoms with E-state index >= 15 is 0 Å². The Kier molecular flexibility index (Phi) is 13.6. The minimum Gasteiger partial charge on any atom is -0.508 e. The summed E-state index contributed by atoms with van der Waals surface area (Å²) in [5.74, 6) is 1.88. The molecule has 0 aliphatic carbocycles. The SMILES string of the molecule is CC.CC.CSNCCCc1cc(C)c(Oc2ccc(O)cc2)c(C)c1. The summed E-state index contributed by atoms with van der Waals surface area (Å²) >= 11 is 1.66. The Balaban J connectivity index is 0.00000146. The maximum absolute atomic E-state index is 9.33. The molecule has 0 unspecified atom stereocenters.